The van der Waals surface area contributed by atoms with Gasteiger partial charge in [0.2, 0.25) is 0 Å². The van der Waals surface area contributed by atoms with Gasteiger partial charge in [-0.2, -0.15) is 23.1 Å². The Morgan fingerprint density at radius 2 is 1.88 bits per heavy atom. The van der Waals surface area contributed by atoms with Gasteiger partial charge in [0.15, 0.2) is 5.75 Å². The predicted octanol–water partition coefficient (Wildman–Crippen LogP) is 2.56. The molecule has 3 rings (SSSR count). The van der Waals surface area contributed by atoms with Crippen LogP contribution in [0.4, 0.5) is 18.9 Å². The first-order chi connectivity index (χ1) is 11.5. The minimum atomic E-state index is -4.43. The topological polar surface area (TPSA) is 60.4 Å². The zero-order valence-corrected chi connectivity index (χ0v) is 12.8. The molecule has 0 spiro atoms. The van der Waals surface area contributed by atoms with Crippen molar-refractivity contribution >= 4 is 5.69 Å². The van der Waals surface area contributed by atoms with Crippen LogP contribution in [0.15, 0.2) is 30.7 Å². The highest BCUT2D eigenvalue weighted by Gasteiger charge is 2.32. The van der Waals surface area contributed by atoms with Crippen molar-refractivity contribution in [1.29, 1.82) is 0 Å². The number of pyridine rings is 1. The summed E-state index contributed by atoms with van der Waals surface area (Å²) < 4.78 is 48.3. The third-order valence-electron chi connectivity index (χ3n) is 3.66. The summed E-state index contributed by atoms with van der Waals surface area (Å²) in [7, 11) is 1.52. The number of alkyl halides is 3. The maximum absolute atomic E-state index is 12.5. The van der Waals surface area contributed by atoms with Crippen molar-refractivity contribution in [2.75, 3.05) is 25.1 Å². The Labute approximate surface area is 136 Å². The molecule has 0 saturated carbocycles. The summed E-state index contributed by atoms with van der Waals surface area (Å²) in [6.07, 6.45) is 0.400. The molecule has 0 radical (unpaired) electrons. The average Bonchev–Trinajstić information content (AvgIpc) is 3.03. The van der Waals surface area contributed by atoms with Gasteiger partial charge >= 0.3 is 12.2 Å². The van der Waals surface area contributed by atoms with Crippen molar-refractivity contribution in [2.24, 2.45) is 0 Å². The molecule has 0 bridgehead atoms. The van der Waals surface area contributed by atoms with Crippen LogP contribution < -0.4 is 14.4 Å². The first kappa shape index (κ1) is 16.3. The lowest BCUT2D eigenvalue weighted by Gasteiger charge is -2.18. The molecular weight excluding hydrogens is 325 g/mol. The molecule has 9 heteroatoms. The number of nitrogens with zero attached hydrogens (tertiary/aromatic N) is 4. The number of halogens is 3. The molecule has 2 aromatic rings. The molecule has 1 aliphatic heterocycles. The third kappa shape index (κ3) is 3.66. The molecule has 0 N–H and O–H groups in total. The third-order valence-corrected chi connectivity index (χ3v) is 3.66. The van der Waals surface area contributed by atoms with E-state index in [-0.39, 0.29) is 12.1 Å². The number of aromatic nitrogens is 3. The van der Waals surface area contributed by atoms with Crippen molar-refractivity contribution in [3.05, 3.63) is 36.4 Å². The molecule has 128 valence electrons. The first-order valence-electron chi connectivity index (χ1n) is 7.26. The summed E-state index contributed by atoms with van der Waals surface area (Å²) in [5.74, 6) is 0.534. The number of methoxy groups -OCH3 is 1. The van der Waals surface area contributed by atoms with E-state index < -0.39 is 11.9 Å². The van der Waals surface area contributed by atoms with Crippen molar-refractivity contribution in [3.63, 3.8) is 0 Å². The van der Waals surface area contributed by atoms with Gasteiger partial charge in [-0.25, -0.2) is 4.98 Å². The molecule has 1 fully saturated rings. The van der Waals surface area contributed by atoms with Gasteiger partial charge in [0.05, 0.1) is 37.9 Å². The minimum absolute atomic E-state index is 0.138. The van der Waals surface area contributed by atoms with E-state index in [0.29, 0.717) is 24.5 Å². The van der Waals surface area contributed by atoms with Crippen molar-refractivity contribution < 1.29 is 22.6 Å². The lowest BCUT2D eigenvalue weighted by Crippen LogP contribution is -2.25. The average molecular weight is 340 g/mol. The van der Waals surface area contributed by atoms with Crippen molar-refractivity contribution in [1.82, 2.24) is 15.0 Å². The summed E-state index contributed by atoms with van der Waals surface area (Å²) in [6, 6.07) is 2.64. The van der Waals surface area contributed by atoms with Crippen molar-refractivity contribution in [2.45, 2.75) is 18.7 Å². The van der Waals surface area contributed by atoms with Crippen LogP contribution in [0.25, 0.3) is 0 Å². The van der Waals surface area contributed by atoms with Gasteiger partial charge in [0, 0.05) is 13.0 Å². The van der Waals surface area contributed by atoms with E-state index in [2.05, 4.69) is 15.0 Å². The fourth-order valence-electron chi connectivity index (χ4n) is 2.42. The molecule has 1 atom stereocenters. The van der Waals surface area contributed by atoms with Crippen LogP contribution in [0, 0.1) is 0 Å². The van der Waals surface area contributed by atoms with Crippen LogP contribution in [-0.4, -0.2) is 41.3 Å². The lowest BCUT2D eigenvalue weighted by atomic mass is 10.3. The van der Waals surface area contributed by atoms with Gasteiger partial charge < -0.3 is 14.4 Å². The van der Waals surface area contributed by atoms with Gasteiger partial charge in [-0.1, -0.05) is 0 Å². The molecule has 2 aromatic heterocycles. The molecule has 1 saturated heterocycles. The van der Waals surface area contributed by atoms with E-state index >= 15 is 0 Å². The Balaban J connectivity index is 1.60. The van der Waals surface area contributed by atoms with E-state index in [0.717, 1.165) is 12.5 Å². The normalized spacial score (nSPS) is 17.8. The Morgan fingerprint density at radius 1 is 1.12 bits per heavy atom. The van der Waals surface area contributed by atoms with Crippen LogP contribution in [-0.2, 0) is 6.18 Å². The van der Waals surface area contributed by atoms with Crippen molar-refractivity contribution in [3.8, 4) is 11.8 Å². The Bertz CT molecular complexity index is 677. The summed E-state index contributed by atoms with van der Waals surface area (Å²) in [6.45, 7) is 1.19. The van der Waals surface area contributed by atoms with Crippen LogP contribution in [0.2, 0.25) is 0 Å². The highest BCUT2D eigenvalue weighted by molar-refractivity contribution is 5.46. The fourth-order valence-corrected chi connectivity index (χ4v) is 2.42. The van der Waals surface area contributed by atoms with E-state index in [1.807, 2.05) is 4.90 Å². The molecule has 1 aliphatic rings. The quantitative estimate of drug-likeness (QED) is 0.852. The van der Waals surface area contributed by atoms with E-state index in [1.54, 1.807) is 0 Å². The summed E-state index contributed by atoms with van der Waals surface area (Å²) >= 11 is 0. The second kappa shape index (κ2) is 6.50. The molecule has 1 unspecified atom stereocenters. The number of rotatable bonds is 4. The summed E-state index contributed by atoms with van der Waals surface area (Å²) in [5, 5.41) is 0. The van der Waals surface area contributed by atoms with Crippen LogP contribution >= 0.6 is 0 Å². The maximum atomic E-state index is 12.5. The van der Waals surface area contributed by atoms with Gasteiger partial charge in [-0.05, 0) is 12.1 Å². The second-order valence-corrected chi connectivity index (χ2v) is 5.28. The van der Waals surface area contributed by atoms with E-state index in [1.165, 1.54) is 31.8 Å². The number of hydrogen-bond acceptors (Lipinski definition) is 6. The highest BCUT2D eigenvalue weighted by Crippen LogP contribution is 2.29. The van der Waals surface area contributed by atoms with Gasteiger partial charge in [0.25, 0.3) is 0 Å². The molecule has 3 heterocycles. The number of hydrogen-bond donors (Lipinski definition) is 0. The Kier molecular flexibility index (Phi) is 4.41. The van der Waals surface area contributed by atoms with E-state index in [9.17, 15) is 13.2 Å². The SMILES string of the molecule is COc1cnc(OC2CCN(c3ccc(C(F)(F)F)nc3)C2)nc1. The zero-order chi connectivity index (χ0) is 17.2. The molecule has 0 aliphatic carbocycles. The van der Waals surface area contributed by atoms with E-state index in [4.69, 9.17) is 9.47 Å². The number of ether oxygens (including phenoxy) is 2. The summed E-state index contributed by atoms with van der Waals surface area (Å²) in [5.41, 5.74) is -0.269. The van der Waals surface area contributed by atoms with Crippen LogP contribution in [0.5, 0.6) is 11.8 Å². The Hall–Kier alpha value is -2.58. The van der Waals surface area contributed by atoms with Crippen LogP contribution in [0.1, 0.15) is 12.1 Å². The monoisotopic (exact) mass is 340 g/mol. The largest absolute Gasteiger partial charge is 0.494 e. The molecule has 0 aromatic carbocycles. The standard InChI is InChI=1S/C15H15F3N4O2/c1-23-12-7-20-14(21-8-12)24-11-4-5-22(9-11)10-2-3-13(19-6-10)15(16,17)18/h2-3,6-8,11H,4-5,9H2,1H3. The smallest absolute Gasteiger partial charge is 0.433 e. The molecule has 24 heavy (non-hydrogen) atoms. The number of anilines is 1. The fraction of sp³-hybridized carbons (Fsp3) is 0.400. The first-order valence-corrected chi connectivity index (χ1v) is 7.26. The second-order valence-electron chi connectivity index (χ2n) is 5.28. The lowest BCUT2D eigenvalue weighted by molar-refractivity contribution is -0.141. The summed E-state index contributed by atoms with van der Waals surface area (Å²) in [4.78, 5) is 13.5. The van der Waals surface area contributed by atoms with Gasteiger partial charge in [-0.15, -0.1) is 0 Å². The Morgan fingerprint density at radius 3 is 2.46 bits per heavy atom. The van der Waals surface area contributed by atoms with Gasteiger partial charge in [-0.3, -0.25) is 0 Å². The van der Waals surface area contributed by atoms with Gasteiger partial charge in [0.1, 0.15) is 11.8 Å². The predicted molar refractivity (Wildman–Crippen MR) is 79.1 cm³/mol. The zero-order valence-electron chi connectivity index (χ0n) is 12.8. The molecule has 6 nitrogen and oxygen atoms in total. The molecular formula is C15H15F3N4O2. The minimum Gasteiger partial charge on any atom is -0.494 e. The highest BCUT2D eigenvalue weighted by atomic mass is 19.4. The maximum Gasteiger partial charge on any atom is 0.433 e. The molecule has 0 amide bonds. The van der Waals surface area contributed by atoms with Crippen LogP contribution in [0.3, 0.4) is 0 Å².